The van der Waals surface area contributed by atoms with Gasteiger partial charge in [-0.05, 0) is 50.1 Å². The SMILES string of the molecule is C[C@H](O)c1nccn1Cc1cc(-c2ccc(C#C[C@H]3[C@H]4CN(C)C[C@@H]34)cc2)on1. The Hall–Kier alpha value is -2.88. The van der Waals surface area contributed by atoms with Crippen molar-refractivity contribution in [3.63, 3.8) is 0 Å². The van der Waals surface area contributed by atoms with Gasteiger partial charge in [-0.1, -0.05) is 17.0 Å². The maximum absolute atomic E-state index is 9.78. The average Bonchev–Trinajstić information content (AvgIpc) is 3.19. The highest BCUT2D eigenvalue weighted by Crippen LogP contribution is 2.50. The van der Waals surface area contributed by atoms with Crippen molar-refractivity contribution < 1.29 is 9.63 Å². The summed E-state index contributed by atoms with van der Waals surface area (Å²) in [4.78, 5) is 6.58. The molecule has 1 aliphatic heterocycles. The van der Waals surface area contributed by atoms with Crippen LogP contribution in [-0.2, 0) is 6.54 Å². The van der Waals surface area contributed by atoms with Gasteiger partial charge in [-0.2, -0.15) is 0 Å². The number of imidazole rings is 1. The van der Waals surface area contributed by atoms with Gasteiger partial charge in [0.25, 0.3) is 0 Å². The Morgan fingerprint density at radius 1 is 1.24 bits per heavy atom. The van der Waals surface area contributed by atoms with Crippen molar-refractivity contribution in [2.45, 2.75) is 19.6 Å². The summed E-state index contributed by atoms with van der Waals surface area (Å²) in [5, 5.41) is 13.9. The van der Waals surface area contributed by atoms with Crippen LogP contribution < -0.4 is 0 Å². The molecule has 6 heteroatoms. The van der Waals surface area contributed by atoms with Gasteiger partial charge in [0.15, 0.2) is 5.76 Å². The maximum atomic E-state index is 9.78. The first-order chi connectivity index (χ1) is 14.1. The van der Waals surface area contributed by atoms with E-state index in [2.05, 4.69) is 33.9 Å². The summed E-state index contributed by atoms with van der Waals surface area (Å²) in [7, 11) is 2.19. The highest BCUT2D eigenvalue weighted by atomic mass is 16.5. The van der Waals surface area contributed by atoms with Crippen LogP contribution in [0.5, 0.6) is 0 Å². The number of nitrogens with zero attached hydrogens (tertiary/aromatic N) is 4. The molecule has 1 N–H and O–H groups in total. The molecule has 3 aromatic rings. The predicted octanol–water partition coefficient (Wildman–Crippen LogP) is 2.80. The lowest BCUT2D eigenvalue weighted by Crippen LogP contribution is -2.18. The van der Waals surface area contributed by atoms with Gasteiger partial charge in [0.1, 0.15) is 17.6 Å². The zero-order chi connectivity index (χ0) is 20.0. The van der Waals surface area contributed by atoms with Gasteiger partial charge in [0.2, 0.25) is 0 Å². The van der Waals surface area contributed by atoms with Crippen molar-refractivity contribution in [3.05, 3.63) is 59.8 Å². The van der Waals surface area contributed by atoms with E-state index in [0.29, 0.717) is 18.3 Å². The molecular formula is C23H24N4O2. The van der Waals surface area contributed by atoms with Crippen LogP contribution in [-0.4, -0.2) is 44.9 Å². The van der Waals surface area contributed by atoms with E-state index in [0.717, 1.165) is 34.4 Å². The summed E-state index contributed by atoms with van der Waals surface area (Å²) >= 11 is 0. The van der Waals surface area contributed by atoms with Gasteiger partial charge in [-0.3, -0.25) is 0 Å². The Labute approximate surface area is 170 Å². The van der Waals surface area contributed by atoms with E-state index in [1.54, 1.807) is 13.1 Å². The van der Waals surface area contributed by atoms with Gasteiger partial charge in [0, 0.05) is 48.6 Å². The quantitative estimate of drug-likeness (QED) is 0.696. The van der Waals surface area contributed by atoms with Gasteiger partial charge < -0.3 is 19.1 Å². The number of likely N-dealkylation sites (tertiary alicyclic amines) is 1. The van der Waals surface area contributed by atoms with E-state index < -0.39 is 6.10 Å². The predicted molar refractivity (Wildman–Crippen MR) is 109 cm³/mol. The molecule has 1 aliphatic carbocycles. The van der Waals surface area contributed by atoms with Crippen molar-refractivity contribution in [1.82, 2.24) is 19.6 Å². The lowest BCUT2D eigenvalue weighted by Gasteiger charge is -2.09. The summed E-state index contributed by atoms with van der Waals surface area (Å²) in [6.07, 6.45) is 2.88. The normalized spacial score (nSPS) is 24.0. The van der Waals surface area contributed by atoms with Crippen molar-refractivity contribution in [1.29, 1.82) is 0 Å². The van der Waals surface area contributed by atoms with E-state index >= 15 is 0 Å². The number of hydrogen-bond donors (Lipinski definition) is 1. The van der Waals surface area contributed by atoms with Crippen molar-refractivity contribution in [2.24, 2.45) is 17.8 Å². The van der Waals surface area contributed by atoms with Crippen LogP contribution in [0.1, 0.15) is 30.1 Å². The Kier molecular flexibility index (Phi) is 4.50. The number of hydrogen-bond acceptors (Lipinski definition) is 5. The minimum atomic E-state index is -0.624. The molecule has 3 heterocycles. The number of aliphatic hydroxyl groups excluding tert-OH is 1. The van der Waals surface area contributed by atoms with Crippen molar-refractivity contribution in [2.75, 3.05) is 20.1 Å². The molecule has 0 bridgehead atoms. The van der Waals surface area contributed by atoms with E-state index in [1.807, 2.05) is 41.1 Å². The summed E-state index contributed by atoms with van der Waals surface area (Å²) < 4.78 is 7.39. The van der Waals surface area contributed by atoms with Crippen molar-refractivity contribution in [3.8, 4) is 23.2 Å². The molecule has 0 unspecified atom stereocenters. The number of aromatic nitrogens is 3. The minimum absolute atomic E-state index is 0.506. The van der Waals surface area contributed by atoms with Crippen LogP contribution in [0.25, 0.3) is 11.3 Å². The number of rotatable bonds is 4. The molecule has 2 fully saturated rings. The first-order valence-electron chi connectivity index (χ1n) is 10.0. The lowest BCUT2D eigenvalue weighted by atomic mass is 10.1. The molecule has 2 aromatic heterocycles. The Morgan fingerprint density at radius 2 is 2.00 bits per heavy atom. The first-order valence-corrected chi connectivity index (χ1v) is 10.0. The van der Waals surface area contributed by atoms with Crippen LogP contribution in [0.2, 0.25) is 0 Å². The summed E-state index contributed by atoms with van der Waals surface area (Å²) in [6.45, 7) is 4.58. The second-order valence-corrected chi connectivity index (χ2v) is 8.19. The highest BCUT2D eigenvalue weighted by molar-refractivity contribution is 5.59. The summed E-state index contributed by atoms with van der Waals surface area (Å²) in [5.74, 6) is 10.3. The smallest absolute Gasteiger partial charge is 0.167 e. The second kappa shape index (κ2) is 7.18. The fourth-order valence-corrected chi connectivity index (χ4v) is 4.35. The van der Waals surface area contributed by atoms with E-state index in [1.165, 1.54) is 13.1 Å². The minimum Gasteiger partial charge on any atom is -0.385 e. The standard InChI is InChI=1S/C23H24N4O2/c1-15(28)23-24-9-10-27(23)12-18-11-22(29-25-18)17-6-3-16(4-7-17)5-8-19-20-13-26(2)14-21(19)20/h3-4,6-7,9-11,15,19-21,28H,12-14H2,1-2H3/t15-,19-,20+,21-/m0/s1. The molecule has 29 heavy (non-hydrogen) atoms. The molecule has 0 radical (unpaired) electrons. The number of piperidine rings is 1. The number of benzene rings is 1. The molecule has 148 valence electrons. The van der Waals surface area contributed by atoms with Crippen LogP contribution >= 0.6 is 0 Å². The largest absolute Gasteiger partial charge is 0.385 e. The van der Waals surface area contributed by atoms with Gasteiger partial charge in [-0.15, -0.1) is 0 Å². The van der Waals surface area contributed by atoms with Crippen LogP contribution in [0, 0.1) is 29.6 Å². The summed E-state index contributed by atoms with van der Waals surface area (Å²) in [5.41, 5.74) is 2.79. The molecule has 1 aromatic carbocycles. The van der Waals surface area contributed by atoms with Crippen LogP contribution in [0.15, 0.2) is 47.2 Å². The topological polar surface area (TPSA) is 67.3 Å². The Bertz CT molecular complexity index is 1060. The lowest BCUT2D eigenvalue weighted by molar-refractivity contribution is 0.184. The fourth-order valence-electron chi connectivity index (χ4n) is 4.35. The fraction of sp³-hybridized carbons (Fsp3) is 0.391. The number of aliphatic hydroxyl groups is 1. The van der Waals surface area contributed by atoms with Gasteiger partial charge in [0.05, 0.1) is 6.54 Å². The molecule has 6 nitrogen and oxygen atoms in total. The third-order valence-corrected chi connectivity index (χ3v) is 5.94. The van der Waals surface area contributed by atoms with Gasteiger partial charge in [-0.25, -0.2) is 4.98 Å². The second-order valence-electron chi connectivity index (χ2n) is 8.19. The van der Waals surface area contributed by atoms with E-state index in [4.69, 9.17) is 4.52 Å². The maximum Gasteiger partial charge on any atom is 0.167 e. The molecule has 0 spiro atoms. The van der Waals surface area contributed by atoms with E-state index in [9.17, 15) is 5.11 Å². The zero-order valence-electron chi connectivity index (χ0n) is 16.6. The van der Waals surface area contributed by atoms with Crippen LogP contribution in [0.3, 0.4) is 0 Å². The van der Waals surface area contributed by atoms with Crippen molar-refractivity contribution >= 4 is 0 Å². The highest BCUT2D eigenvalue weighted by Gasteiger charge is 2.53. The third kappa shape index (κ3) is 3.59. The van der Waals surface area contributed by atoms with Crippen LogP contribution in [0.4, 0.5) is 0 Å². The molecule has 1 saturated carbocycles. The molecule has 1 saturated heterocycles. The van der Waals surface area contributed by atoms with Gasteiger partial charge >= 0.3 is 0 Å². The molecule has 2 aliphatic rings. The van der Waals surface area contributed by atoms with E-state index in [-0.39, 0.29) is 0 Å². The molecular weight excluding hydrogens is 364 g/mol. The third-order valence-electron chi connectivity index (χ3n) is 5.94. The number of fused-ring (bicyclic) bond motifs is 1. The first kappa shape index (κ1) is 18.2. The molecule has 4 atom stereocenters. The zero-order valence-corrected chi connectivity index (χ0v) is 16.6. The molecule has 5 rings (SSSR count). The average molecular weight is 388 g/mol. The Balaban J connectivity index is 1.25. The monoisotopic (exact) mass is 388 g/mol. The summed E-state index contributed by atoms with van der Waals surface area (Å²) in [6, 6.07) is 10.0. The Morgan fingerprint density at radius 3 is 2.72 bits per heavy atom. The molecule has 0 amide bonds.